The third kappa shape index (κ3) is 3.74. The molecule has 0 saturated heterocycles. The molecule has 1 aromatic carbocycles. The molecule has 0 saturated carbocycles. The Balaban J connectivity index is 3.36. The van der Waals surface area contributed by atoms with Crippen LogP contribution in [0.4, 0.5) is 5.69 Å². The Morgan fingerprint density at radius 1 is 1.33 bits per heavy atom. The highest BCUT2D eigenvalue weighted by atomic mass is 32.2. The van der Waals surface area contributed by atoms with Gasteiger partial charge in [0, 0.05) is 6.54 Å². The van der Waals surface area contributed by atoms with Crippen LogP contribution < -0.4 is 5.73 Å². The first-order valence-electron chi connectivity index (χ1n) is 6.68. The maximum Gasteiger partial charge on any atom is 0.321 e. The predicted octanol–water partition coefficient (Wildman–Crippen LogP) is 1.46. The molecule has 0 spiro atoms. The number of anilines is 1. The fourth-order valence-corrected chi connectivity index (χ4v) is 3.90. The Bertz CT molecular complexity index is 626. The zero-order valence-electron chi connectivity index (χ0n) is 12.8. The van der Waals surface area contributed by atoms with Crippen LogP contribution in [0.1, 0.15) is 24.5 Å². The molecule has 0 fully saturated rings. The Labute approximate surface area is 125 Å². The van der Waals surface area contributed by atoms with Crippen LogP contribution in [-0.4, -0.2) is 38.9 Å². The maximum atomic E-state index is 12.8. The van der Waals surface area contributed by atoms with Crippen molar-refractivity contribution in [1.29, 1.82) is 0 Å². The van der Waals surface area contributed by atoms with E-state index in [2.05, 4.69) is 4.74 Å². The van der Waals surface area contributed by atoms with Crippen molar-refractivity contribution in [2.45, 2.75) is 32.1 Å². The van der Waals surface area contributed by atoms with E-state index in [1.54, 1.807) is 19.1 Å². The summed E-state index contributed by atoms with van der Waals surface area (Å²) in [6, 6.07) is 3.34. The molecule has 0 aromatic heterocycles. The zero-order valence-corrected chi connectivity index (χ0v) is 13.7. The van der Waals surface area contributed by atoms with Crippen LogP contribution in [0.2, 0.25) is 0 Å². The van der Waals surface area contributed by atoms with Gasteiger partial charge in [-0.25, -0.2) is 8.42 Å². The molecule has 6 nitrogen and oxygen atoms in total. The van der Waals surface area contributed by atoms with Gasteiger partial charge >= 0.3 is 5.97 Å². The van der Waals surface area contributed by atoms with Crippen LogP contribution in [0.3, 0.4) is 0 Å². The molecule has 1 rings (SSSR count). The van der Waals surface area contributed by atoms with E-state index in [-0.39, 0.29) is 23.7 Å². The first-order valence-corrected chi connectivity index (χ1v) is 8.12. The van der Waals surface area contributed by atoms with Gasteiger partial charge in [0.1, 0.15) is 11.4 Å². The predicted molar refractivity (Wildman–Crippen MR) is 81.4 cm³/mol. The normalized spacial score (nSPS) is 11.7. The lowest BCUT2D eigenvalue weighted by molar-refractivity contribution is -0.140. The molecule has 2 N–H and O–H groups in total. The van der Waals surface area contributed by atoms with E-state index in [9.17, 15) is 13.2 Å². The van der Waals surface area contributed by atoms with Gasteiger partial charge < -0.3 is 10.5 Å². The molecule has 0 aliphatic carbocycles. The number of carbonyl (C=O) groups is 1. The number of benzene rings is 1. The van der Waals surface area contributed by atoms with Crippen LogP contribution in [0.5, 0.6) is 0 Å². The zero-order chi connectivity index (χ0) is 16.2. The third-order valence-corrected chi connectivity index (χ3v) is 5.36. The van der Waals surface area contributed by atoms with Crippen molar-refractivity contribution in [2.75, 3.05) is 25.9 Å². The van der Waals surface area contributed by atoms with E-state index in [0.717, 1.165) is 9.87 Å². The smallest absolute Gasteiger partial charge is 0.321 e. The SMILES string of the molecule is CCCN(CC(=O)OC)S(=O)(=O)c1c(N)ccc(C)c1C. The fraction of sp³-hybridized carbons (Fsp3) is 0.500. The number of hydrogen-bond acceptors (Lipinski definition) is 5. The summed E-state index contributed by atoms with van der Waals surface area (Å²) in [5.74, 6) is -0.601. The van der Waals surface area contributed by atoms with Gasteiger partial charge in [0.05, 0.1) is 12.8 Å². The first-order chi connectivity index (χ1) is 9.75. The Hall–Kier alpha value is -1.60. The molecule has 0 aliphatic heterocycles. The summed E-state index contributed by atoms with van der Waals surface area (Å²) in [6.07, 6.45) is 0.584. The van der Waals surface area contributed by atoms with Crippen molar-refractivity contribution in [1.82, 2.24) is 4.31 Å². The summed E-state index contributed by atoms with van der Waals surface area (Å²) in [5.41, 5.74) is 7.46. The maximum absolute atomic E-state index is 12.8. The standard InChI is InChI=1S/C14H22N2O4S/c1-5-8-16(9-13(17)20-4)21(18,19)14-11(3)10(2)6-7-12(14)15/h6-7H,5,8-9,15H2,1-4H3. The largest absolute Gasteiger partial charge is 0.468 e. The molecule has 0 radical (unpaired) electrons. The van der Waals surface area contributed by atoms with E-state index in [1.807, 2.05) is 13.8 Å². The van der Waals surface area contributed by atoms with E-state index in [1.165, 1.54) is 7.11 Å². The van der Waals surface area contributed by atoms with Gasteiger partial charge in [-0.2, -0.15) is 4.31 Å². The second kappa shape index (κ2) is 6.91. The number of hydrogen-bond donors (Lipinski definition) is 1. The van der Waals surface area contributed by atoms with Gasteiger partial charge in [-0.15, -0.1) is 0 Å². The lowest BCUT2D eigenvalue weighted by Crippen LogP contribution is -2.37. The van der Waals surface area contributed by atoms with Crippen LogP contribution in [0, 0.1) is 13.8 Å². The lowest BCUT2D eigenvalue weighted by atomic mass is 10.1. The molecule has 0 amide bonds. The number of esters is 1. The Morgan fingerprint density at radius 2 is 1.95 bits per heavy atom. The van der Waals surface area contributed by atoms with Gasteiger partial charge in [0.15, 0.2) is 0 Å². The van der Waals surface area contributed by atoms with Crippen LogP contribution >= 0.6 is 0 Å². The lowest BCUT2D eigenvalue weighted by Gasteiger charge is -2.23. The summed E-state index contributed by atoms with van der Waals surface area (Å²) >= 11 is 0. The van der Waals surface area contributed by atoms with E-state index < -0.39 is 16.0 Å². The minimum absolute atomic E-state index is 0.0693. The molecule has 118 valence electrons. The summed E-state index contributed by atoms with van der Waals surface area (Å²) in [4.78, 5) is 11.5. The third-order valence-electron chi connectivity index (χ3n) is 3.31. The molecule has 7 heteroatoms. The quantitative estimate of drug-likeness (QED) is 0.634. The van der Waals surface area contributed by atoms with Crippen LogP contribution in [0.25, 0.3) is 0 Å². The number of aryl methyl sites for hydroxylation is 1. The monoisotopic (exact) mass is 314 g/mol. The summed E-state index contributed by atoms with van der Waals surface area (Å²) in [6.45, 7) is 5.27. The van der Waals surface area contributed by atoms with Crippen LogP contribution in [0.15, 0.2) is 17.0 Å². The van der Waals surface area contributed by atoms with Crippen LogP contribution in [-0.2, 0) is 19.6 Å². The Morgan fingerprint density at radius 3 is 2.48 bits per heavy atom. The molecule has 0 atom stereocenters. The minimum atomic E-state index is -3.84. The van der Waals surface area contributed by atoms with Gasteiger partial charge in [0.25, 0.3) is 0 Å². The fourth-order valence-electron chi connectivity index (χ4n) is 2.02. The summed E-state index contributed by atoms with van der Waals surface area (Å²) in [5, 5.41) is 0. The molecular weight excluding hydrogens is 292 g/mol. The average molecular weight is 314 g/mol. The summed E-state index contributed by atoms with van der Waals surface area (Å²) < 4.78 is 31.3. The van der Waals surface area contributed by atoms with E-state index in [0.29, 0.717) is 12.0 Å². The summed E-state index contributed by atoms with van der Waals surface area (Å²) in [7, 11) is -2.62. The number of sulfonamides is 1. The number of methoxy groups -OCH3 is 1. The van der Waals surface area contributed by atoms with Crippen molar-refractivity contribution < 1.29 is 17.9 Å². The van der Waals surface area contributed by atoms with Gasteiger partial charge in [0.2, 0.25) is 10.0 Å². The highest BCUT2D eigenvalue weighted by Crippen LogP contribution is 2.28. The number of nitrogen functional groups attached to an aromatic ring is 1. The molecule has 21 heavy (non-hydrogen) atoms. The highest BCUT2D eigenvalue weighted by molar-refractivity contribution is 7.89. The molecule has 0 bridgehead atoms. The van der Waals surface area contributed by atoms with E-state index >= 15 is 0 Å². The van der Waals surface area contributed by atoms with Gasteiger partial charge in [-0.05, 0) is 37.5 Å². The number of ether oxygens (including phenoxy) is 1. The number of nitrogens with two attached hydrogens (primary N) is 1. The highest BCUT2D eigenvalue weighted by Gasteiger charge is 2.30. The van der Waals surface area contributed by atoms with Gasteiger partial charge in [-0.1, -0.05) is 13.0 Å². The molecular formula is C14H22N2O4S. The molecule has 0 heterocycles. The molecule has 1 aromatic rings. The first kappa shape index (κ1) is 17.5. The molecule has 0 aliphatic rings. The molecule has 0 unspecified atom stereocenters. The minimum Gasteiger partial charge on any atom is -0.468 e. The van der Waals surface area contributed by atoms with Crippen molar-refractivity contribution in [2.24, 2.45) is 0 Å². The van der Waals surface area contributed by atoms with Gasteiger partial charge in [-0.3, -0.25) is 4.79 Å². The van der Waals surface area contributed by atoms with Crippen molar-refractivity contribution in [3.05, 3.63) is 23.3 Å². The second-order valence-corrected chi connectivity index (χ2v) is 6.72. The second-order valence-electron chi connectivity index (χ2n) is 4.84. The van der Waals surface area contributed by atoms with Crippen molar-refractivity contribution in [3.63, 3.8) is 0 Å². The van der Waals surface area contributed by atoms with Crippen molar-refractivity contribution >= 4 is 21.7 Å². The number of carbonyl (C=O) groups excluding carboxylic acids is 1. The van der Waals surface area contributed by atoms with E-state index in [4.69, 9.17) is 5.73 Å². The number of nitrogens with zero attached hydrogens (tertiary/aromatic N) is 1. The number of rotatable bonds is 6. The van der Waals surface area contributed by atoms with Crippen molar-refractivity contribution in [3.8, 4) is 0 Å². The Kier molecular flexibility index (Phi) is 5.74. The average Bonchev–Trinajstić information content (AvgIpc) is 2.42. The topological polar surface area (TPSA) is 89.7 Å².